The zero-order chi connectivity index (χ0) is 13.3. The van der Waals surface area contributed by atoms with Crippen molar-refractivity contribution in [1.82, 2.24) is 4.98 Å². The number of benzene rings is 1. The molecule has 94 valence electrons. The van der Waals surface area contributed by atoms with Gasteiger partial charge in [0.25, 0.3) is 0 Å². The van der Waals surface area contributed by atoms with Gasteiger partial charge in [-0.25, -0.2) is 0 Å². The molecule has 1 N–H and O–H groups in total. The van der Waals surface area contributed by atoms with E-state index in [9.17, 15) is 13.2 Å². The molecule has 0 fully saturated rings. The number of rotatable bonds is 1. The number of hydrogen-bond donors (Lipinski definition) is 1. The van der Waals surface area contributed by atoms with Crippen molar-refractivity contribution in [3.8, 4) is 11.3 Å². The summed E-state index contributed by atoms with van der Waals surface area (Å²) in [4.78, 5) is 2.76. The molecule has 0 saturated heterocycles. The maximum Gasteiger partial charge on any atom is 0.416 e. The lowest BCUT2D eigenvalue weighted by Crippen LogP contribution is -2.05. The number of aromatic nitrogens is 1. The van der Waals surface area contributed by atoms with Crippen molar-refractivity contribution in [3.05, 3.63) is 51.1 Å². The molecule has 0 amide bonds. The van der Waals surface area contributed by atoms with Crippen molar-refractivity contribution in [2.24, 2.45) is 0 Å². The summed E-state index contributed by atoms with van der Waals surface area (Å²) in [6.45, 7) is 0. The van der Waals surface area contributed by atoms with E-state index >= 15 is 0 Å². The van der Waals surface area contributed by atoms with Gasteiger partial charge >= 0.3 is 6.18 Å². The first kappa shape index (κ1) is 13.3. The van der Waals surface area contributed by atoms with Gasteiger partial charge in [0, 0.05) is 10.2 Å². The smallest absolute Gasteiger partial charge is 0.346 e. The van der Waals surface area contributed by atoms with Gasteiger partial charge in [0.2, 0.25) is 0 Å². The molecule has 1 aromatic heterocycles. The molecule has 0 aliphatic carbocycles. The maximum absolute atomic E-state index is 12.7. The second kappa shape index (κ2) is 4.85. The molecular weight excluding hydrogens is 327 g/mol. The first-order chi connectivity index (χ1) is 8.36. The fourth-order valence-corrected chi connectivity index (χ4v) is 1.99. The largest absolute Gasteiger partial charge is 0.416 e. The summed E-state index contributed by atoms with van der Waals surface area (Å²) in [5.74, 6) is 0. The van der Waals surface area contributed by atoms with Crippen molar-refractivity contribution in [2.75, 3.05) is 0 Å². The molecule has 0 spiro atoms. The van der Waals surface area contributed by atoms with Crippen LogP contribution in [-0.4, -0.2) is 4.98 Å². The van der Waals surface area contributed by atoms with Crippen LogP contribution in [0.4, 0.5) is 13.2 Å². The predicted octanol–water partition coefficient (Wildman–Crippen LogP) is 5.19. The summed E-state index contributed by atoms with van der Waals surface area (Å²) in [6.07, 6.45) is -4.40. The van der Waals surface area contributed by atoms with Gasteiger partial charge in [0.1, 0.15) is 4.64 Å². The van der Waals surface area contributed by atoms with E-state index < -0.39 is 11.7 Å². The number of aromatic amines is 1. The number of hydrogen-bond acceptors (Lipinski definition) is 1. The molecule has 0 saturated carbocycles. The minimum atomic E-state index is -4.40. The lowest BCUT2D eigenvalue weighted by Gasteiger charge is -2.09. The summed E-state index contributed by atoms with van der Waals surface area (Å²) < 4.78 is 38.9. The zero-order valence-electron chi connectivity index (χ0n) is 8.88. The van der Waals surface area contributed by atoms with E-state index in [-0.39, 0.29) is 4.64 Å². The molecule has 1 aromatic carbocycles. The van der Waals surface area contributed by atoms with Crippen LogP contribution >= 0.6 is 28.1 Å². The van der Waals surface area contributed by atoms with Crippen molar-refractivity contribution >= 4 is 28.1 Å². The van der Waals surface area contributed by atoms with Crippen LogP contribution < -0.4 is 0 Å². The second-order valence-corrected chi connectivity index (χ2v) is 5.01. The highest BCUT2D eigenvalue weighted by Crippen LogP contribution is 2.31. The quantitative estimate of drug-likeness (QED) is 0.710. The Labute approximate surface area is 115 Å². The van der Waals surface area contributed by atoms with E-state index in [1.165, 1.54) is 0 Å². The topological polar surface area (TPSA) is 15.8 Å². The second-order valence-electron chi connectivity index (χ2n) is 3.65. The van der Waals surface area contributed by atoms with Crippen LogP contribution in [0.5, 0.6) is 0 Å². The van der Waals surface area contributed by atoms with Crippen molar-refractivity contribution in [2.45, 2.75) is 6.18 Å². The molecule has 1 nitrogen and oxygen atoms in total. The van der Waals surface area contributed by atoms with Crippen molar-refractivity contribution in [1.29, 1.82) is 0 Å². The first-order valence-electron chi connectivity index (χ1n) is 4.94. The Bertz CT molecular complexity index is 616. The average Bonchev–Trinajstić information content (AvgIpc) is 2.28. The third-order valence-electron chi connectivity index (χ3n) is 2.33. The lowest BCUT2D eigenvalue weighted by molar-refractivity contribution is -0.137. The van der Waals surface area contributed by atoms with Gasteiger partial charge in [-0.2, -0.15) is 13.2 Å². The van der Waals surface area contributed by atoms with Gasteiger partial charge in [-0.1, -0.05) is 40.3 Å². The summed E-state index contributed by atoms with van der Waals surface area (Å²) in [5, 5.41) is 0. The van der Waals surface area contributed by atoms with Gasteiger partial charge in [-0.3, -0.25) is 0 Å². The number of H-pyrrole nitrogens is 1. The molecule has 0 atom stereocenters. The fourth-order valence-electron chi connectivity index (χ4n) is 1.49. The van der Waals surface area contributed by atoms with E-state index in [0.717, 1.165) is 16.6 Å². The fraction of sp³-hybridized carbons (Fsp3) is 0.0833. The molecular formula is C12H7BrF3NS. The third-order valence-corrected chi connectivity index (χ3v) is 3.08. The normalized spacial score (nSPS) is 11.6. The number of halogens is 4. The highest BCUT2D eigenvalue weighted by molar-refractivity contribution is 9.10. The Balaban J connectivity index is 2.55. The van der Waals surface area contributed by atoms with E-state index in [1.807, 2.05) is 0 Å². The maximum atomic E-state index is 12.7. The van der Waals surface area contributed by atoms with E-state index in [1.54, 1.807) is 24.3 Å². The molecule has 0 unspecified atom stereocenters. The van der Waals surface area contributed by atoms with E-state index in [2.05, 4.69) is 20.9 Å². The van der Waals surface area contributed by atoms with Crippen LogP contribution in [0.25, 0.3) is 11.3 Å². The average molecular weight is 334 g/mol. The summed E-state index contributed by atoms with van der Waals surface area (Å²) in [7, 11) is 0. The summed E-state index contributed by atoms with van der Waals surface area (Å²) in [6, 6.07) is 8.91. The molecule has 0 radical (unpaired) electrons. The Morgan fingerprint density at radius 3 is 2.22 bits per heavy atom. The molecule has 2 aromatic rings. The van der Waals surface area contributed by atoms with Gasteiger partial charge in [-0.15, -0.1) is 0 Å². The van der Waals surface area contributed by atoms with Gasteiger partial charge in [-0.05, 0) is 29.8 Å². The van der Waals surface area contributed by atoms with Crippen LogP contribution in [0, 0.1) is 4.64 Å². The minimum Gasteiger partial charge on any atom is -0.346 e. The molecule has 2 rings (SSSR count). The van der Waals surface area contributed by atoms with E-state index in [0.29, 0.717) is 11.3 Å². The number of pyridine rings is 1. The number of nitrogens with one attached hydrogen (secondary N) is 1. The van der Waals surface area contributed by atoms with Crippen LogP contribution in [0.3, 0.4) is 0 Å². The monoisotopic (exact) mass is 333 g/mol. The Hall–Kier alpha value is -1.14. The lowest BCUT2D eigenvalue weighted by atomic mass is 10.1. The van der Waals surface area contributed by atoms with Gasteiger partial charge in [0.05, 0.1) is 5.56 Å². The Morgan fingerprint density at radius 1 is 1.06 bits per heavy atom. The Morgan fingerprint density at radius 2 is 1.67 bits per heavy atom. The standard InChI is InChI=1S/C12H7BrF3NS/c13-9-3-1-7(2-4-9)10-5-8(12(14,15)16)6-11(18)17-10/h1-6H,(H,17,18). The summed E-state index contributed by atoms with van der Waals surface area (Å²) >= 11 is 8.08. The van der Waals surface area contributed by atoms with Crippen LogP contribution in [0.15, 0.2) is 40.9 Å². The molecule has 0 aliphatic heterocycles. The van der Waals surface area contributed by atoms with Crippen LogP contribution in [0.1, 0.15) is 5.56 Å². The molecule has 0 bridgehead atoms. The minimum absolute atomic E-state index is 0.0581. The van der Waals surface area contributed by atoms with Gasteiger partial charge < -0.3 is 4.98 Å². The SMILES string of the molecule is FC(F)(F)c1cc(-c2ccc(Br)cc2)[nH]c(=S)c1. The van der Waals surface area contributed by atoms with Crippen molar-refractivity contribution in [3.63, 3.8) is 0 Å². The first-order valence-corrected chi connectivity index (χ1v) is 6.14. The summed E-state index contributed by atoms with van der Waals surface area (Å²) in [5.41, 5.74) is 0.252. The molecule has 18 heavy (non-hydrogen) atoms. The third kappa shape index (κ3) is 3.00. The van der Waals surface area contributed by atoms with E-state index in [4.69, 9.17) is 12.2 Å². The predicted molar refractivity (Wildman–Crippen MR) is 69.8 cm³/mol. The highest BCUT2D eigenvalue weighted by atomic mass is 79.9. The molecule has 0 aliphatic rings. The van der Waals surface area contributed by atoms with Crippen molar-refractivity contribution < 1.29 is 13.2 Å². The number of alkyl halides is 3. The zero-order valence-corrected chi connectivity index (χ0v) is 11.3. The van der Waals surface area contributed by atoms with Crippen LogP contribution in [0.2, 0.25) is 0 Å². The van der Waals surface area contributed by atoms with Gasteiger partial charge in [0.15, 0.2) is 0 Å². The highest BCUT2D eigenvalue weighted by Gasteiger charge is 2.31. The molecule has 6 heteroatoms. The molecule has 1 heterocycles. The van der Waals surface area contributed by atoms with Crippen LogP contribution in [-0.2, 0) is 6.18 Å². The Kier molecular flexibility index (Phi) is 3.59.